The summed E-state index contributed by atoms with van der Waals surface area (Å²) in [5.41, 5.74) is 3.61. The lowest BCUT2D eigenvalue weighted by Crippen LogP contribution is -2.35. The van der Waals surface area contributed by atoms with Crippen LogP contribution in [0.15, 0.2) is 59.1 Å². The Morgan fingerprint density at radius 3 is 2.75 bits per heavy atom. The van der Waals surface area contributed by atoms with Crippen molar-refractivity contribution < 1.29 is 19.1 Å². The molecule has 6 nitrogen and oxygen atoms in total. The van der Waals surface area contributed by atoms with Crippen LogP contribution in [0.5, 0.6) is 11.5 Å². The molecule has 2 aromatic carbocycles. The zero-order chi connectivity index (χ0) is 20.3. The number of amides is 2. The van der Waals surface area contributed by atoms with Crippen LogP contribution in [-0.2, 0) is 9.59 Å². The summed E-state index contributed by atoms with van der Waals surface area (Å²) in [4.78, 5) is 25.1. The van der Waals surface area contributed by atoms with Gasteiger partial charge in [-0.15, -0.1) is 0 Å². The fourth-order valence-corrected chi connectivity index (χ4v) is 3.29. The summed E-state index contributed by atoms with van der Waals surface area (Å²) in [7, 11) is 1.48. The maximum atomic E-state index is 12.7. The lowest BCUT2D eigenvalue weighted by atomic mass is 10.1. The zero-order valence-electron chi connectivity index (χ0n) is 14.9. The number of methoxy groups -OCH3 is 1. The van der Waals surface area contributed by atoms with Crippen LogP contribution in [0.25, 0.3) is 6.08 Å². The number of rotatable bonds is 6. The summed E-state index contributed by atoms with van der Waals surface area (Å²) < 4.78 is 11.6. The minimum absolute atomic E-state index is 0.0159. The molecule has 0 aliphatic carbocycles. The number of ether oxygens (including phenoxy) is 2. The van der Waals surface area contributed by atoms with E-state index in [2.05, 4.69) is 27.9 Å². The van der Waals surface area contributed by atoms with Crippen LogP contribution in [0.2, 0.25) is 5.02 Å². The van der Waals surface area contributed by atoms with Crippen LogP contribution in [0.1, 0.15) is 5.56 Å². The van der Waals surface area contributed by atoms with E-state index in [0.717, 1.165) is 4.47 Å². The lowest BCUT2D eigenvalue weighted by Gasteiger charge is -2.14. The molecule has 1 N–H and O–H groups in total. The molecule has 3 rings (SSSR count). The maximum absolute atomic E-state index is 12.7. The van der Waals surface area contributed by atoms with Crippen LogP contribution in [0.4, 0.5) is 5.69 Å². The quantitative estimate of drug-likeness (QED) is 0.397. The highest BCUT2D eigenvalue weighted by Gasteiger charge is 2.34. The highest BCUT2D eigenvalue weighted by Crippen LogP contribution is 2.37. The second-order valence-corrected chi connectivity index (χ2v) is 7.08. The van der Waals surface area contributed by atoms with Crippen molar-refractivity contribution in [1.29, 1.82) is 0 Å². The van der Waals surface area contributed by atoms with E-state index in [1.54, 1.807) is 36.4 Å². The first kappa shape index (κ1) is 20.0. The van der Waals surface area contributed by atoms with E-state index in [1.165, 1.54) is 18.2 Å². The zero-order valence-corrected chi connectivity index (χ0v) is 17.2. The van der Waals surface area contributed by atoms with Crippen LogP contribution >= 0.6 is 27.5 Å². The van der Waals surface area contributed by atoms with Gasteiger partial charge in [-0.25, -0.2) is 5.01 Å². The van der Waals surface area contributed by atoms with Gasteiger partial charge in [0.15, 0.2) is 11.5 Å². The predicted molar refractivity (Wildman–Crippen MR) is 111 cm³/mol. The summed E-state index contributed by atoms with van der Waals surface area (Å²) in [6, 6.07) is 10.3. The highest BCUT2D eigenvalue weighted by atomic mass is 79.9. The van der Waals surface area contributed by atoms with Gasteiger partial charge in [0.1, 0.15) is 12.2 Å². The molecule has 0 unspecified atom stereocenters. The molecule has 0 atom stereocenters. The topological polar surface area (TPSA) is 67.9 Å². The van der Waals surface area contributed by atoms with Gasteiger partial charge in [0.2, 0.25) is 0 Å². The van der Waals surface area contributed by atoms with E-state index in [1.807, 2.05) is 6.07 Å². The van der Waals surface area contributed by atoms with Gasteiger partial charge in [0, 0.05) is 4.47 Å². The molecule has 1 aliphatic rings. The largest absolute Gasteiger partial charge is 0.493 e. The molecule has 0 radical (unpaired) electrons. The number of anilines is 1. The second kappa shape index (κ2) is 8.50. The number of hydrogen-bond acceptors (Lipinski definition) is 4. The fourth-order valence-electron chi connectivity index (χ4n) is 2.63. The third-order valence-electron chi connectivity index (χ3n) is 3.87. The van der Waals surface area contributed by atoms with Gasteiger partial charge in [0.05, 0.1) is 17.8 Å². The number of nitrogens with zero attached hydrogens (tertiary/aromatic N) is 1. The molecular weight excluding hydrogens is 448 g/mol. The molecule has 8 heteroatoms. The molecule has 2 amide bonds. The number of nitrogens with one attached hydrogen (secondary N) is 1. The summed E-state index contributed by atoms with van der Waals surface area (Å²) >= 11 is 9.63. The number of hydrazine groups is 1. The highest BCUT2D eigenvalue weighted by molar-refractivity contribution is 9.10. The number of carbonyl (C=O) groups excluding carboxylic acids is 2. The monoisotopic (exact) mass is 462 g/mol. The molecule has 1 saturated heterocycles. The first-order valence-corrected chi connectivity index (χ1v) is 9.35. The van der Waals surface area contributed by atoms with E-state index in [4.69, 9.17) is 21.1 Å². The van der Waals surface area contributed by atoms with E-state index in [-0.39, 0.29) is 12.2 Å². The van der Waals surface area contributed by atoms with Crippen LogP contribution in [0, 0.1) is 0 Å². The average Bonchev–Trinajstić information content (AvgIpc) is 2.95. The molecule has 1 aliphatic heterocycles. The summed E-state index contributed by atoms with van der Waals surface area (Å²) in [6.07, 6.45) is 3.05. The number of carbonyl (C=O) groups is 2. The van der Waals surface area contributed by atoms with Crippen molar-refractivity contribution in [2.75, 3.05) is 18.7 Å². The molecule has 144 valence electrons. The minimum atomic E-state index is -0.507. The number of halogens is 2. The average molecular weight is 464 g/mol. The van der Waals surface area contributed by atoms with Crippen molar-refractivity contribution in [2.45, 2.75) is 0 Å². The number of benzene rings is 2. The van der Waals surface area contributed by atoms with Crippen LogP contribution in [-0.4, -0.2) is 25.5 Å². The normalized spacial score (nSPS) is 15.0. The molecule has 0 bridgehead atoms. The summed E-state index contributed by atoms with van der Waals surface area (Å²) in [5.74, 6) is -0.225. The Morgan fingerprint density at radius 2 is 2.07 bits per heavy atom. The maximum Gasteiger partial charge on any atom is 0.282 e. The van der Waals surface area contributed by atoms with Gasteiger partial charge in [-0.3, -0.25) is 15.0 Å². The van der Waals surface area contributed by atoms with E-state index in [9.17, 15) is 9.59 Å². The summed E-state index contributed by atoms with van der Waals surface area (Å²) in [5, 5.41) is 1.49. The molecular formula is C20H16BrClN2O4. The second-order valence-electron chi connectivity index (χ2n) is 5.75. The molecule has 2 aromatic rings. The van der Waals surface area contributed by atoms with Crippen LogP contribution in [0.3, 0.4) is 0 Å². The molecule has 28 heavy (non-hydrogen) atoms. The third-order valence-corrected chi connectivity index (χ3v) is 4.64. The summed E-state index contributed by atoms with van der Waals surface area (Å²) in [6.45, 7) is 3.86. The molecule has 1 heterocycles. The predicted octanol–water partition coefficient (Wildman–Crippen LogP) is 4.14. The van der Waals surface area contributed by atoms with Crippen molar-refractivity contribution >= 4 is 51.1 Å². The lowest BCUT2D eigenvalue weighted by molar-refractivity contribution is -0.117. The van der Waals surface area contributed by atoms with Crippen LogP contribution < -0.4 is 19.9 Å². The minimum Gasteiger partial charge on any atom is -0.493 e. The Balaban J connectivity index is 1.94. The van der Waals surface area contributed by atoms with Crippen molar-refractivity contribution in [2.24, 2.45) is 0 Å². The molecule has 0 saturated carbocycles. The number of hydrogen-bond donors (Lipinski definition) is 1. The Labute approximate surface area is 175 Å². The van der Waals surface area contributed by atoms with Gasteiger partial charge in [-0.05, 0) is 42.0 Å². The molecule has 0 aromatic heterocycles. The fraction of sp³-hybridized carbons (Fsp3) is 0.100. The SMILES string of the molecule is C=CCOc1c(Cl)cc(C=C2C(=O)NN(c3cccc(Br)c3)C2=O)cc1OC. The van der Waals surface area contributed by atoms with E-state index >= 15 is 0 Å². The molecule has 1 fully saturated rings. The van der Waals surface area contributed by atoms with Gasteiger partial charge in [0.25, 0.3) is 11.8 Å². The third kappa shape index (κ3) is 4.05. The van der Waals surface area contributed by atoms with E-state index < -0.39 is 11.8 Å². The van der Waals surface area contributed by atoms with Gasteiger partial charge in [-0.2, -0.15) is 0 Å². The van der Waals surface area contributed by atoms with Gasteiger partial charge in [-0.1, -0.05) is 46.3 Å². The standard InChI is InChI=1S/C20H16BrClN2O4/c1-3-7-28-18-16(22)9-12(10-17(18)27-2)8-15-19(25)23-24(20(15)26)14-6-4-5-13(21)11-14/h3-6,8-11H,1,7H2,2H3,(H,23,25). The Bertz CT molecular complexity index is 990. The Kier molecular flexibility index (Phi) is 6.06. The first-order chi connectivity index (χ1) is 13.4. The Hall–Kier alpha value is -2.77. The van der Waals surface area contributed by atoms with Gasteiger partial charge >= 0.3 is 0 Å². The first-order valence-electron chi connectivity index (χ1n) is 8.18. The smallest absolute Gasteiger partial charge is 0.282 e. The van der Waals surface area contributed by atoms with Crippen molar-refractivity contribution in [1.82, 2.24) is 5.43 Å². The van der Waals surface area contributed by atoms with Crippen molar-refractivity contribution in [3.63, 3.8) is 0 Å². The Morgan fingerprint density at radius 1 is 1.29 bits per heavy atom. The van der Waals surface area contributed by atoms with E-state index in [0.29, 0.717) is 27.8 Å². The van der Waals surface area contributed by atoms with Crippen molar-refractivity contribution in [3.05, 3.63) is 69.7 Å². The van der Waals surface area contributed by atoms with Gasteiger partial charge < -0.3 is 9.47 Å². The molecule has 0 spiro atoms. The van der Waals surface area contributed by atoms with Crippen molar-refractivity contribution in [3.8, 4) is 11.5 Å².